The monoisotopic (exact) mass is 181 g/mol. The van der Waals surface area contributed by atoms with Crippen LogP contribution in [0.5, 0.6) is 0 Å². The first-order valence-electron chi connectivity index (χ1n) is 4.21. The molecule has 0 aromatic carbocycles. The van der Waals surface area contributed by atoms with E-state index in [4.69, 9.17) is 9.15 Å². The van der Waals surface area contributed by atoms with Crippen LogP contribution in [-0.2, 0) is 4.74 Å². The summed E-state index contributed by atoms with van der Waals surface area (Å²) in [5.41, 5.74) is 0. The number of furan rings is 1. The van der Waals surface area contributed by atoms with Gasteiger partial charge >= 0.3 is 0 Å². The number of carbonyl (C=O) groups is 1. The highest BCUT2D eigenvalue weighted by molar-refractivity contribution is 5.91. The lowest BCUT2D eigenvalue weighted by molar-refractivity contribution is -0.00391. The van der Waals surface area contributed by atoms with Crippen molar-refractivity contribution >= 4 is 5.91 Å². The highest BCUT2D eigenvalue weighted by Crippen LogP contribution is 2.07. The Hall–Kier alpha value is -1.29. The number of ether oxygens (including phenoxy) is 1. The smallest absolute Gasteiger partial charge is 0.287 e. The van der Waals surface area contributed by atoms with E-state index in [2.05, 4.69) is 5.32 Å². The molecule has 1 fully saturated rings. The summed E-state index contributed by atoms with van der Waals surface area (Å²) in [6.45, 7) is 3.01. The molecule has 4 heteroatoms. The van der Waals surface area contributed by atoms with Crippen molar-refractivity contribution < 1.29 is 13.9 Å². The van der Waals surface area contributed by atoms with Crippen LogP contribution in [0.3, 0.4) is 0 Å². The van der Waals surface area contributed by atoms with E-state index >= 15 is 0 Å². The fourth-order valence-electron chi connectivity index (χ4n) is 1.13. The summed E-state index contributed by atoms with van der Waals surface area (Å²) in [5, 5.41) is 2.79. The zero-order valence-corrected chi connectivity index (χ0v) is 7.37. The number of amides is 1. The Morgan fingerprint density at radius 1 is 1.54 bits per heavy atom. The lowest BCUT2D eigenvalue weighted by Gasteiger charge is -2.26. The Labute approximate surface area is 75.9 Å². The minimum absolute atomic E-state index is 0.151. The normalized spacial score (nSPS) is 16.7. The number of hydrogen-bond donors (Lipinski definition) is 1. The van der Waals surface area contributed by atoms with E-state index in [1.165, 1.54) is 0 Å². The first-order chi connectivity index (χ1) is 6.25. The van der Waals surface area contributed by atoms with Gasteiger partial charge < -0.3 is 14.5 Å². The van der Waals surface area contributed by atoms with Crippen molar-refractivity contribution in [3.8, 4) is 0 Å². The molecule has 1 saturated heterocycles. The van der Waals surface area contributed by atoms with Crippen molar-refractivity contribution in [1.82, 2.24) is 5.32 Å². The van der Waals surface area contributed by atoms with Crippen LogP contribution < -0.4 is 5.32 Å². The summed E-state index contributed by atoms with van der Waals surface area (Å²) in [6, 6.07) is 3.59. The van der Waals surface area contributed by atoms with Gasteiger partial charge in [0.2, 0.25) is 0 Å². The summed E-state index contributed by atoms with van der Waals surface area (Å²) >= 11 is 0. The molecule has 1 N–H and O–H groups in total. The molecule has 0 atom stereocenters. The van der Waals surface area contributed by atoms with Crippen LogP contribution in [0.25, 0.3) is 0 Å². The molecule has 0 radical (unpaired) electrons. The minimum Gasteiger partial charge on any atom is -0.456 e. The second-order valence-corrected chi connectivity index (χ2v) is 3.12. The van der Waals surface area contributed by atoms with Gasteiger partial charge in [-0.3, -0.25) is 4.79 Å². The van der Waals surface area contributed by atoms with Crippen molar-refractivity contribution in [2.75, 3.05) is 13.2 Å². The van der Waals surface area contributed by atoms with E-state index < -0.39 is 0 Å². The molecule has 1 amide bonds. The molecule has 0 aliphatic carbocycles. The van der Waals surface area contributed by atoms with Gasteiger partial charge in [0.1, 0.15) is 5.76 Å². The predicted molar refractivity (Wildman–Crippen MR) is 45.5 cm³/mol. The van der Waals surface area contributed by atoms with Gasteiger partial charge in [0, 0.05) is 0 Å². The molecule has 0 spiro atoms. The average Bonchev–Trinajstić information content (AvgIpc) is 2.44. The lowest BCUT2D eigenvalue weighted by atomic mass is 10.2. The average molecular weight is 181 g/mol. The topological polar surface area (TPSA) is 51.5 Å². The quantitative estimate of drug-likeness (QED) is 0.731. The van der Waals surface area contributed by atoms with Crippen molar-refractivity contribution in [2.24, 2.45) is 0 Å². The molecular formula is C9H11NO3. The minimum atomic E-state index is -0.165. The van der Waals surface area contributed by atoms with Gasteiger partial charge in [-0.1, -0.05) is 0 Å². The molecule has 1 aromatic rings. The zero-order chi connectivity index (χ0) is 9.26. The van der Waals surface area contributed by atoms with Crippen LogP contribution >= 0.6 is 0 Å². The number of carbonyl (C=O) groups excluding carboxylic acids is 1. The summed E-state index contributed by atoms with van der Waals surface area (Å²) in [7, 11) is 0. The summed E-state index contributed by atoms with van der Waals surface area (Å²) < 4.78 is 10.1. The van der Waals surface area contributed by atoms with Crippen LogP contribution in [0.4, 0.5) is 0 Å². The van der Waals surface area contributed by atoms with Gasteiger partial charge in [0.15, 0.2) is 5.76 Å². The molecule has 0 bridgehead atoms. The van der Waals surface area contributed by atoms with Gasteiger partial charge in [0.25, 0.3) is 5.91 Å². The molecule has 2 rings (SSSR count). The van der Waals surface area contributed by atoms with E-state index in [-0.39, 0.29) is 11.9 Å². The van der Waals surface area contributed by atoms with Crippen molar-refractivity contribution in [3.63, 3.8) is 0 Å². The zero-order valence-electron chi connectivity index (χ0n) is 7.37. The van der Waals surface area contributed by atoms with Crippen LogP contribution in [-0.4, -0.2) is 25.2 Å². The van der Waals surface area contributed by atoms with E-state index in [1.54, 1.807) is 12.1 Å². The number of aryl methyl sites for hydroxylation is 1. The van der Waals surface area contributed by atoms with Crippen LogP contribution in [0.1, 0.15) is 16.3 Å². The molecule has 1 aromatic heterocycles. The maximum Gasteiger partial charge on any atom is 0.287 e. The fourth-order valence-corrected chi connectivity index (χ4v) is 1.13. The maximum atomic E-state index is 11.4. The van der Waals surface area contributed by atoms with Crippen molar-refractivity contribution in [2.45, 2.75) is 13.0 Å². The molecule has 1 aliphatic rings. The molecule has 0 saturated carbocycles. The number of rotatable bonds is 2. The van der Waals surface area contributed by atoms with Crippen LogP contribution in [0.15, 0.2) is 16.5 Å². The molecule has 1 aliphatic heterocycles. The number of nitrogens with one attached hydrogen (secondary N) is 1. The SMILES string of the molecule is Cc1ccc(C(=O)NC2COC2)o1. The Morgan fingerprint density at radius 2 is 2.31 bits per heavy atom. The molecule has 4 nitrogen and oxygen atoms in total. The second-order valence-electron chi connectivity index (χ2n) is 3.12. The Morgan fingerprint density at radius 3 is 2.77 bits per heavy atom. The second kappa shape index (κ2) is 3.22. The van der Waals surface area contributed by atoms with Gasteiger partial charge in [-0.25, -0.2) is 0 Å². The Balaban J connectivity index is 1.96. The van der Waals surface area contributed by atoms with Crippen LogP contribution in [0, 0.1) is 6.92 Å². The third kappa shape index (κ3) is 1.72. The van der Waals surface area contributed by atoms with Gasteiger partial charge in [0.05, 0.1) is 19.3 Å². The van der Waals surface area contributed by atoms with Gasteiger partial charge in [-0.2, -0.15) is 0 Å². The first kappa shape index (κ1) is 8.31. The predicted octanol–water partition coefficient (Wildman–Crippen LogP) is 0.717. The van der Waals surface area contributed by atoms with Gasteiger partial charge in [-0.05, 0) is 19.1 Å². The summed E-state index contributed by atoms with van der Waals surface area (Å²) in [6.07, 6.45) is 0. The fraction of sp³-hybridized carbons (Fsp3) is 0.444. The molecular weight excluding hydrogens is 170 g/mol. The maximum absolute atomic E-state index is 11.4. The molecule has 2 heterocycles. The molecule has 13 heavy (non-hydrogen) atoms. The largest absolute Gasteiger partial charge is 0.456 e. The highest BCUT2D eigenvalue weighted by atomic mass is 16.5. The van der Waals surface area contributed by atoms with Crippen LogP contribution in [0.2, 0.25) is 0 Å². The van der Waals surface area contributed by atoms with E-state index in [0.717, 1.165) is 5.76 Å². The number of hydrogen-bond acceptors (Lipinski definition) is 3. The van der Waals surface area contributed by atoms with Gasteiger partial charge in [-0.15, -0.1) is 0 Å². The van der Waals surface area contributed by atoms with Crippen molar-refractivity contribution in [3.05, 3.63) is 23.7 Å². The highest BCUT2D eigenvalue weighted by Gasteiger charge is 2.22. The molecule has 0 unspecified atom stereocenters. The summed E-state index contributed by atoms with van der Waals surface area (Å²) in [5.74, 6) is 0.945. The standard InChI is InChI=1S/C9H11NO3/c1-6-2-3-8(13-6)9(11)10-7-4-12-5-7/h2-3,7H,4-5H2,1H3,(H,10,11). The van der Waals surface area contributed by atoms with Crippen molar-refractivity contribution in [1.29, 1.82) is 0 Å². The Bertz CT molecular complexity index is 314. The van der Waals surface area contributed by atoms with E-state index in [0.29, 0.717) is 19.0 Å². The van der Waals surface area contributed by atoms with E-state index in [9.17, 15) is 4.79 Å². The van der Waals surface area contributed by atoms with E-state index in [1.807, 2.05) is 6.92 Å². The first-order valence-corrected chi connectivity index (χ1v) is 4.21. The molecule has 70 valence electrons. The third-order valence-corrected chi connectivity index (χ3v) is 1.94. The lowest BCUT2D eigenvalue weighted by Crippen LogP contribution is -2.48. The third-order valence-electron chi connectivity index (χ3n) is 1.94. The summed E-state index contributed by atoms with van der Waals surface area (Å²) in [4.78, 5) is 11.4. The Kier molecular flexibility index (Phi) is 2.06.